The quantitative estimate of drug-likeness (QED) is 0.656. The van der Waals surface area contributed by atoms with Gasteiger partial charge in [-0.15, -0.1) is 10.2 Å². The fourth-order valence-corrected chi connectivity index (χ4v) is 0.863. The molecule has 1 aromatic rings. The van der Waals surface area contributed by atoms with E-state index in [9.17, 15) is 4.79 Å². The van der Waals surface area contributed by atoms with Crippen LogP contribution >= 0.6 is 0 Å². The maximum Gasteiger partial charge on any atom is 0.228 e. The van der Waals surface area contributed by atoms with E-state index in [1.54, 1.807) is 0 Å². The number of nitrogens with one attached hydrogen (secondary N) is 2. The molecule has 6 heteroatoms. The van der Waals surface area contributed by atoms with E-state index in [0.29, 0.717) is 5.82 Å². The van der Waals surface area contributed by atoms with Crippen molar-refractivity contribution >= 4 is 5.91 Å². The van der Waals surface area contributed by atoms with Gasteiger partial charge in [0.25, 0.3) is 0 Å². The maximum absolute atomic E-state index is 11.3. The monoisotopic (exact) mass is 183 g/mol. The van der Waals surface area contributed by atoms with Crippen molar-refractivity contribution in [2.24, 2.45) is 0 Å². The Balaban J connectivity index is 2.43. The zero-order valence-corrected chi connectivity index (χ0v) is 7.96. The summed E-state index contributed by atoms with van der Waals surface area (Å²) < 4.78 is 0. The number of aromatic nitrogens is 4. The molecular weight excluding hydrogens is 170 g/mol. The average molecular weight is 183 g/mol. The van der Waals surface area contributed by atoms with Crippen LogP contribution in [0.15, 0.2) is 0 Å². The molecule has 72 valence electrons. The van der Waals surface area contributed by atoms with E-state index >= 15 is 0 Å². The lowest BCUT2D eigenvalue weighted by Crippen LogP contribution is -2.41. The van der Waals surface area contributed by atoms with Gasteiger partial charge in [0.1, 0.15) is 0 Å². The van der Waals surface area contributed by atoms with Crippen LogP contribution < -0.4 is 5.32 Å². The van der Waals surface area contributed by atoms with Crippen molar-refractivity contribution in [1.82, 2.24) is 25.9 Å². The van der Waals surface area contributed by atoms with Crippen LogP contribution in [0.1, 0.15) is 26.6 Å². The topological polar surface area (TPSA) is 83.6 Å². The Kier molecular flexibility index (Phi) is 2.60. The van der Waals surface area contributed by atoms with Gasteiger partial charge in [0.2, 0.25) is 5.91 Å². The van der Waals surface area contributed by atoms with Crippen molar-refractivity contribution in [3.8, 4) is 0 Å². The summed E-state index contributed by atoms with van der Waals surface area (Å²) >= 11 is 0. The second-order valence-electron chi connectivity index (χ2n) is 3.80. The second-order valence-corrected chi connectivity index (χ2v) is 3.80. The molecule has 13 heavy (non-hydrogen) atoms. The summed E-state index contributed by atoms with van der Waals surface area (Å²) in [7, 11) is 0. The van der Waals surface area contributed by atoms with Crippen molar-refractivity contribution in [2.75, 3.05) is 0 Å². The van der Waals surface area contributed by atoms with Gasteiger partial charge in [0, 0.05) is 5.54 Å². The average Bonchev–Trinajstić information content (AvgIpc) is 2.34. The minimum atomic E-state index is -0.221. The molecule has 1 heterocycles. The molecule has 2 N–H and O–H groups in total. The number of rotatable bonds is 2. The molecule has 0 aliphatic carbocycles. The number of nitrogens with zero attached hydrogens (tertiary/aromatic N) is 3. The molecule has 0 aromatic carbocycles. The van der Waals surface area contributed by atoms with E-state index in [1.165, 1.54) is 0 Å². The van der Waals surface area contributed by atoms with Crippen LogP contribution in [0.3, 0.4) is 0 Å². The van der Waals surface area contributed by atoms with Crippen molar-refractivity contribution in [1.29, 1.82) is 0 Å². The fraction of sp³-hybridized carbons (Fsp3) is 0.714. The number of carbonyl (C=O) groups is 1. The lowest BCUT2D eigenvalue weighted by atomic mass is 10.1. The first-order valence-corrected chi connectivity index (χ1v) is 4.01. The molecule has 0 fully saturated rings. The van der Waals surface area contributed by atoms with Crippen LogP contribution in [-0.4, -0.2) is 32.1 Å². The number of amides is 1. The van der Waals surface area contributed by atoms with Crippen molar-refractivity contribution in [2.45, 2.75) is 32.7 Å². The SMILES string of the molecule is CC(C)(C)NC(=O)Cc1nn[nH]n1. The van der Waals surface area contributed by atoms with Crippen molar-refractivity contribution in [3.63, 3.8) is 0 Å². The van der Waals surface area contributed by atoms with Gasteiger partial charge < -0.3 is 5.32 Å². The number of tetrazole rings is 1. The Morgan fingerprint density at radius 2 is 2.23 bits per heavy atom. The molecule has 0 bridgehead atoms. The van der Waals surface area contributed by atoms with Gasteiger partial charge in [-0.3, -0.25) is 4.79 Å². The zero-order chi connectivity index (χ0) is 9.90. The highest BCUT2D eigenvalue weighted by Crippen LogP contribution is 1.99. The molecule has 0 atom stereocenters. The minimum absolute atomic E-state index is 0.103. The molecule has 0 saturated carbocycles. The van der Waals surface area contributed by atoms with Gasteiger partial charge in [-0.25, -0.2) is 0 Å². The molecular formula is C7H13N5O. The summed E-state index contributed by atoms with van der Waals surface area (Å²) in [4.78, 5) is 11.3. The smallest absolute Gasteiger partial charge is 0.228 e. The molecule has 0 radical (unpaired) electrons. The molecule has 1 aromatic heterocycles. The molecule has 0 aliphatic heterocycles. The molecule has 0 aliphatic rings. The normalized spacial score (nSPS) is 11.3. The highest BCUT2D eigenvalue weighted by molar-refractivity contribution is 5.78. The lowest BCUT2D eigenvalue weighted by Gasteiger charge is -2.19. The van der Waals surface area contributed by atoms with Crippen LogP contribution in [0.25, 0.3) is 0 Å². The predicted octanol–water partition coefficient (Wildman–Crippen LogP) is -0.343. The first-order valence-electron chi connectivity index (χ1n) is 4.01. The van der Waals surface area contributed by atoms with Crippen LogP contribution in [0.5, 0.6) is 0 Å². The first kappa shape index (κ1) is 9.63. The summed E-state index contributed by atoms with van der Waals surface area (Å²) in [5.74, 6) is 0.302. The number of H-pyrrole nitrogens is 1. The Bertz CT molecular complexity index is 274. The van der Waals surface area contributed by atoms with Crippen molar-refractivity contribution in [3.05, 3.63) is 5.82 Å². The van der Waals surface area contributed by atoms with Crippen molar-refractivity contribution < 1.29 is 4.79 Å². The third-order valence-electron chi connectivity index (χ3n) is 1.22. The number of hydrogen-bond donors (Lipinski definition) is 2. The van der Waals surface area contributed by atoms with Gasteiger partial charge in [-0.1, -0.05) is 5.21 Å². The zero-order valence-electron chi connectivity index (χ0n) is 7.96. The fourth-order valence-electron chi connectivity index (χ4n) is 0.863. The molecule has 0 spiro atoms. The minimum Gasteiger partial charge on any atom is -0.351 e. The summed E-state index contributed by atoms with van der Waals surface area (Å²) in [6.07, 6.45) is 0.160. The summed E-state index contributed by atoms with van der Waals surface area (Å²) in [6.45, 7) is 5.75. The highest BCUT2D eigenvalue weighted by Gasteiger charge is 2.15. The van der Waals surface area contributed by atoms with Gasteiger partial charge in [0.15, 0.2) is 5.82 Å². The van der Waals surface area contributed by atoms with Crippen LogP contribution in [0.4, 0.5) is 0 Å². The number of hydrogen-bond acceptors (Lipinski definition) is 4. The largest absolute Gasteiger partial charge is 0.351 e. The third kappa shape index (κ3) is 3.64. The van der Waals surface area contributed by atoms with E-state index in [4.69, 9.17) is 0 Å². The molecule has 6 nitrogen and oxygen atoms in total. The molecule has 0 unspecified atom stereocenters. The van der Waals surface area contributed by atoms with E-state index < -0.39 is 0 Å². The van der Waals surface area contributed by atoms with Gasteiger partial charge in [0.05, 0.1) is 6.42 Å². The predicted molar refractivity (Wildman–Crippen MR) is 45.8 cm³/mol. The van der Waals surface area contributed by atoms with Crippen LogP contribution in [0, 0.1) is 0 Å². The molecule has 1 amide bonds. The highest BCUT2D eigenvalue weighted by atomic mass is 16.1. The van der Waals surface area contributed by atoms with Crippen LogP contribution in [-0.2, 0) is 11.2 Å². The van der Waals surface area contributed by atoms with E-state index in [2.05, 4.69) is 25.9 Å². The summed E-state index contributed by atoms with van der Waals surface area (Å²) in [6, 6.07) is 0. The Labute approximate surface area is 76.1 Å². The van der Waals surface area contributed by atoms with Gasteiger partial charge in [-0.05, 0) is 20.8 Å². The van der Waals surface area contributed by atoms with Gasteiger partial charge in [-0.2, -0.15) is 5.21 Å². The van der Waals surface area contributed by atoms with E-state index in [-0.39, 0.29) is 17.9 Å². The second kappa shape index (κ2) is 3.51. The Hall–Kier alpha value is -1.46. The van der Waals surface area contributed by atoms with Gasteiger partial charge >= 0.3 is 0 Å². The standard InChI is InChI=1S/C7H13N5O/c1-7(2,3)8-6(13)4-5-9-11-12-10-5/h4H2,1-3H3,(H,8,13)(H,9,10,11,12). The van der Waals surface area contributed by atoms with E-state index in [1.807, 2.05) is 20.8 Å². The number of carbonyl (C=O) groups excluding carboxylic acids is 1. The van der Waals surface area contributed by atoms with Crippen LogP contribution in [0.2, 0.25) is 0 Å². The summed E-state index contributed by atoms with van der Waals surface area (Å²) in [5, 5.41) is 15.8. The number of aromatic amines is 1. The Morgan fingerprint density at radius 1 is 1.54 bits per heavy atom. The molecule has 1 rings (SSSR count). The maximum atomic E-state index is 11.3. The molecule has 0 saturated heterocycles. The Morgan fingerprint density at radius 3 is 2.69 bits per heavy atom. The van der Waals surface area contributed by atoms with E-state index in [0.717, 1.165) is 0 Å². The third-order valence-corrected chi connectivity index (χ3v) is 1.22. The first-order chi connectivity index (χ1) is 5.97. The lowest BCUT2D eigenvalue weighted by molar-refractivity contribution is -0.121. The summed E-state index contributed by atoms with van der Waals surface area (Å²) in [5.41, 5.74) is -0.221.